The number of anilines is 2. The van der Waals surface area contributed by atoms with Gasteiger partial charge >= 0.3 is 0 Å². The van der Waals surface area contributed by atoms with Crippen molar-refractivity contribution >= 4 is 17.3 Å². The van der Waals surface area contributed by atoms with Gasteiger partial charge in [0.15, 0.2) is 0 Å². The summed E-state index contributed by atoms with van der Waals surface area (Å²) in [6.45, 7) is 4.34. The zero-order valence-corrected chi connectivity index (χ0v) is 11.1. The third-order valence-electron chi connectivity index (χ3n) is 3.58. The van der Waals surface area contributed by atoms with E-state index in [0.29, 0.717) is 17.9 Å². The summed E-state index contributed by atoms with van der Waals surface area (Å²) in [4.78, 5) is 14.4. The van der Waals surface area contributed by atoms with Crippen molar-refractivity contribution in [1.29, 1.82) is 0 Å². The van der Waals surface area contributed by atoms with Crippen LogP contribution < -0.4 is 10.6 Å². The maximum Gasteiger partial charge on any atom is 0.261 e. The second kappa shape index (κ2) is 4.16. The number of carbonyl (C=O) groups is 1. The lowest BCUT2D eigenvalue weighted by Crippen LogP contribution is -2.29. The molecule has 2 aromatic rings. The lowest BCUT2D eigenvalue weighted by molar-refractivity contribution is 0.0988. The molecule has 0 radical (unpaired) electrons. The summed E-state index contributed by atoms with van der Waals surface area (Å²) in [5, 5.41) is 0. The average molecular weight is 256 g/mol. The van der Waals surface area contributed by atoms with Crippen LogP contribution in [0.5, 0.6) is 0 Å². The van der Waals surface area contributed by atoms with Gasteiger partial charge in [-0.05, 0) is 38.5 Å². The number of hydrogen-bond donors (Lipinski definition) is 1. The Morgan fingerprint density at radius 3 is 2.84 bits per heavy atom. The molecule has 0 fully saturated rings. The van der Waals surface area contributed by atoms with Gasteiger partial charge in [-0.3, -0.25) is 4.79 Å². The van der Waals surface area contributed by atoms with E-state index in [2.05, 4.69) is 0 Å². The van der Waals surface area contributed by atoms with Gasteiger partial charge in [-0.25, -0.2) is 0 Å². The molecule has 0 aliphatic carbocycles. The number of fused-ring (bicyclic) bond motifs is 1. The molecule has 98 valence electrons. The number of amides is 1. The molecule has 0 saturated heterocycles. The van der Waals surface area contributed by atoms with E-state index in [1.165, 1.54) is 0 Å². The van der Waals surface area contributed by atoms with Crippen molar-refractivity contribution in [2.75, 3.05) is 17.2 Å². The molecule has 3 rings (SSSR count). The molecule has 1 aliphatic rings. The third kappa shape index (κ3) is 1.80. The fourth-order valence-corrected chi connectivity index (χ4v) is 2.66. The van der Waals surface area contributed by atoms with E-state index in [1.54, 1.807) is 11.0 Å². The van der Waals surface area contributed by atoms with Crippen LogP contribution in [0.4, 0.5) is 11.4 Å². The van der Waals surface area contributed by atoms with Gasteiger partial charge in [0.1, 0.15) is 11.5 Å². The Labute approximate surface area is 111 Å². The highest BCUT2D eigenvalue weighted by Gasteiger charge is 2.28. The molecule has 2 N–H and O–H groups in total. The fourth-order valence-electron chi connectivity index (χ4n) is 2.66. The maximum absolute atomic E-state index is 12.6. The number of hydrogen-bond acceptors (Lipinski definition) is 3. The van der Waals surface area contributed by atoms with Crippen LogP contribution in [0, 0.1) is 13.8 Å². The van der Waals surface area contributed by atoms with Crippen molar-refractivity contribution in [3.63, 3.8) is 0 Å². The van der Waals surface area contributed by atoms with Crippen LogP contribution in [0.1, 0.15) is 27.4 Å². The van der Waals surface area contributed by atoms with Crippen molar-refractivity contribution in [2.24, 2.45) is 0 Å². The Morgan fingerprint density at radius 1 is 1.37 bits per heavy atom. The molecular weight excluding hydrogens is 240 g/mol. The summed E-state index contributed by atoms with van der Waals surface area (Å²) >= 11 is 0. The molecule has 1 aliphatic heterocycles. The summed E-state index contributed by atoms with van der Waals surface area (Å²) in [5.74, 6) is 1.41. The van der Waals surface area contributed by atoms with Crippen molar-refractivity contribution in [2.45, 2.75) is 20.3 Å². The Kier molecular flexibility index (Phi) is 2.59. The Bertz CT molecular complexity index is 658. The van der Waals surface area contributed by atoms with Crippen LogP contribution in [-0.4, -0.2) is 12.5 Å². The molecular formula is C15H16N2O2. The minimum atomic E-state index is -0.0151. The minimum absolute atomic E-state index is 0.0151. The van der Waals surface area contributed by atoms with Gasteiger partial charge in [-0.15, -0.1) is 0 Å². The first-order valence-corrected chi connectivity index (χ1v) is 6.34. The Morgan fingerprint density at radius 2 is 2.16 bits per heavy atom. The molecule has 0 bridgehead atoms. The molecule has 4 heteroatoms. The van der Waals surface area contributed by atoms with E-state index >= 15 is 0 Å². The van der Waals surface area contributed by atoms with Crippen LogP contribution >= 0.6 is 0 Å². The quantitative estimate of drug-likeness (QED) is 0.798. The highest BCUT2D eigenvalue weighted by atomic mass is 16.3. The molecule has 1 aromatic heterocycles. The molecule has 1 aromatic carbocycles. The molecule has 0 unspecified atom stereocenters. The monoisotopic (exact) mass is 256 g/mol. The van der Waals surface area contributed by atoms with E-state index in [-0.39, 0.29) is 5.91 Å². The van der Waals surface area contributed by atoms with Crippen molar-refractivity contribution in [3.05, 3.63) is 46.9 Å². The third-order valence-corrected chi connectivity index (χ3v) is 3.58. The number of benzene rings is 1. The standard InChI is InChI=1S/C15H16N2O2/c1-9-8-12(10(2)19-9)15(18)17-7-6-11-13(16)4-3-5-14(11)17/h3-5,8H,6-7,16H2,1-2H3. The smallest absolute Gasteiger partial charge is 0.261 e. The topological polar surface area (TPSA) is 59.5 Å². The Balaban J connectivity index is 2.00. The second-order valence-corrected chi connectivity index (χ2v) is 4.88. The number of rotatable bonds is 1. The molecule has 0 atom stereocenters. The normalized spacial score (nSPS) is 13.7. The second-order valence-electron chi connectivity index (χ2n) is 4.88. The van der Waals surface area contributed by atoms with E-state index < -0.39 is 0 Å². The van der Waals surface area contributed by atoms with Gasteiger partial charge in [0, 0.05) is 23.5 Å². The first-order chi connectivity index (χ1) is 9.08. The summed E-state index contributed by atoms with van der Waals surface area (Å²) in [7, 11) is 0. The predicted octanol–water partition coefficient (Wildman–Crippen LogP) is 2.68. The number of nitrogens with two attached hydrogens (primary N) is 1. The molecule has 0 saturated carbocycles. The minimum Gasteiger partial charge on any atom is -0.466 e. The highest BCUT2D eigenvalue weighted by Crippen LogP contribution is 2.33. The Hall–Kier alpha value is -2.23. The largest absolute Gasteiger partial charge is 0.466 e. The van der Waals surface area contributed by atoms with Crippen LogP contribution in [0.2, 0.25) is 0 Å². The first kappa shape index (κ1) is 11.8. The molecule has 4 nitrogen and oxygen atoms in total. The molecule has 2 heterocycles. The van der Waals surface area contributed by atoms with E-state index in [0.717, 1.165) is 29.1 Å². The van der Waals surface area contributed by atoms with Crippen molar-refractivity contribution in [1.82, 2.24) is 0 Å². The van der Waals surface area contributed by atoms with Gasteiger partial charge in [0.25, 0.3) is 5.91 Å². The zero-order valence-electron chi connectivity index (χ0n) is 11.1. The van der Waals surface area contributed by atoms with Crippen molar-refractivity contribution < 1.29 is 9.21 Å². The van der Waals surface area contributed by atoms with Crippen LogP contribution in [0.15, 0.2) is 28.7 Å². The van der Waals surface area contributed by atoms with E-state index in [1.807, 2.05) is 32.0 Å². The predicted molar refractivity (Wildman–Crippen MR) is 74.4 cm³/mol. The van der Waals surface area contributed by atoms with Crippen LogP contribution in [-0.2, 0) is 6.42 Å². The summed E-state index contributed by atoms with van der Waals surface area (Å²) < 4.78 is 5.43. The van der Waals surface area contributed by atoms with Gasteiger partial charge in [0.05, 0.1) is 5.56 Å². The van der Waals surface area contributed by atoms with E-state index in [9.17, 15) is 4.79 Å². The molecule has 19 heavy (non-hydrogen) atoms. The molecule has 0 spiro atoms. The summed E-state index contributed by atoms with van der Waals surface area (Å²) in [6.07, 6.45) is 0.809. The number of aryl methyl sites for hydroxylation is 2. The first-order valence-electron chi connectivity index (χ1n) is 6.34. The zero-order chi connectivity index (χ0) is 13.6. The molecule has 1 amide bonds. The van der Waals surface area contributed by atoms with Gasteiger partial charge in [-0.1, -0.05) is 6.07 Å². The number of nitrogens with zero attached hydrogens (tertiary/aromatic N) is 1. The average Bonchev–Trinajstić information content (AvgIpc) is 2.93. The summed E-state index contributed by atoms with van der Waals surface area (Å²) in [5.41, 5.74) is 9.32. The van der Waals surface area contributed by atoms with E-state index in [4.69, 9.17) is 10.2 Å². The number of furan rings is 1. The van der Waals surface area contributed by atoms with Gasteiger partial charge in [0.2, 0.25) is 0 Å². The summed E-state index contributed by atoms with van der Waals surface area (Å²) in [6, 6.07) is 7.49. The number of nitrogen functional groups attached to an aromatic ring is 1. The van der Waals surface area contributed by atoms with Gasteiger partial charge < -0.3 is 15.1 Å². The lowest BCUT2D eigenvalue weighted by Gasteiger charge is -2.17. The lowest BCUT2D eigenvalue weighted by atomic mass is 10.1. The van der Waals surface area contributed by atoms with Crippen LogP contribution in [0.25, 0.3) is 0 Å². The SMILES string of the molecule is Cc1cc(C(=O)N2CCc3c(N)cccc32)c(C)o1. The van der Waals surface area contributed by atoms with Gasteiger partial charge in [-0.2, -0.15) is 0 Å². The fraction of sp³-hybridized carbons (Fsp3) is 0.267. The van der Waals surface area contributed by atoms with Crippen molar-refractivity contribution in [3.8, 4) is 0 Å². The number of carbonyl (C=O) groups excluding carboxylic acids is 1. The highest BCUT2D eigenvalue weighted by molar-refractivity contribution is 6.08. The maximum atomic E-state index is 12.6. The van der Waals surface area contributed by atoms with Crippen LogP contribution in [0.3, 0.4) is 0 Å².